The molecule has 0 bridgehead atoms. The normalized spacial score (nSPS) is 11.5. The number of hydrogen-bond donors (Lipinski definition) is 2. The first kappa shape index (κ1) is 12.4. The van der Waals surface area contributed by atoms with Crippen LogP contribution < -0.4 is 11.3 Å². The number of H-pyrrole nitrogens is 1. The van der Waals surface area contributed by atoms with E-state index in [0.717, 1.165) is 5.56 Å². The van der Waals surface area contributed by atoms with Gasteiger partial charge in [0.15, 0.2) is 0 Å². The zero-order valence-corrected chi connectivity index (χ0v) is 10.8. The molecule has 94 valence electrons. The number of hydrogen-bond acceptors (Lipinski definition) is 3. The van der Waals surface area contributed by atoms with Gasteiger partial charge in [0.1, 0.15) is 5.82 Å². The van der Waals surface area contributed by atoms with Gasteiger partial charge in [-0.15, -0.1) is 0 Å². The van der Waals surface area contributed by atoms with Gasteiger partial charge in [0.05, 0.1) is 5.56 Å². The van der Waals surface area contributed by atoms with Gasteiger partial charge in [0, 0.05) is 0 Å². The fourth-order valence-corrected chi connectivity index (χ4v) is 1.79. The molecule has 0 spiro atoms. The lowest BCUT2D eigenvalue weighted by molar-refractivity contribution is 0.590. The lowest BCUT2D eigenvalue weighted by Crippen LogP contribution is -2.13. The van der Waals surface area contributed by atoms with Gasteiger partial charge >= 0.3 is 0 Å². The summed E-state index contributed by atoms with van der Waals surface area (Å²) in [5, 5.41) is 6.04. The van der Waals surface area contributed by atoms with Gasteiger partial charge in [-0.05, 0) is 22.6 Å². The Morgan fingerprint density at radius 3 is 2.33 bits per heavy atom. The minimum Gasteiger partial charge on any atom is -0.382 e. The molecule has 0 unspecified atom stereocenters. The van der Waals surface area contributed by atoms with E-state index in [9.17, 15) is 4.79 Å². The van der Waals surface area contributed by atoms with Crippen LogP contribution >= 0.6 is 0 Å². The average Bonchev–Trinajstić information content (AvgIpc) is 2.31. The van der Waals surface area contributed by atoms with E-state index in [1.54, 1.807) is 6.07 Å². The smallest absolute Gasteiger partial charge is 0.272 e. The molecule has 0 aliphatic heterocycles. The molecule has 18 heavy (non-hydrogen) atoms. The molecule has 0 amide bonds. The predicted octanol–water partition coefficient (Wildman–Crippen LogP) is 2.32. The summed E-state index contributed by atoms with van der Waals surface area (Å²) in [6.45, 7) is 6.46. The van der Waals surface area contributed by atoms with Gasteiger partial charge in [-0.25, -0.2) is 5.10 Å². The predicted molar refractivity (Wildman–Crippen MR) is 73.4 cm³/mol. The van der Waals surface area contributed by atoms with Crippen molar-refractivity contribution in [2.24, 2.45) is 0 Å². The van der Waals surface area contributed by atoms with E-state index >= 15 is 0 Å². The lowest BCUT2D eigenvalue weighted by Gasteiger charge is -2.19. The van der Waals surface area contributed by atoms with Crippen LogP contribution in [0.3, 0.4) is 0 Å². The molecule has 1 aromatic heterocycles. The molecule has 2 rings (SSSR count). The van der Waals surface area contributed by atoms with Crippen molar-refractivity contribution in [3.63, 3.8) is 0 Å². The van der Waals surface area contributed by atoms with Crippen LogP contribution in [0.25, 0.3) is 11.1 Å². The number of aromatic nitrogens is 2. The summed E-state index contributed by atoms with van der Waals surface area (Å²) in [6, 6.07) is 9.52. The topological polar surface area (TPSA) is 71.8 Å². The van der Waals surface area contributed by atoms with Crippen LogP contribution in [0.5, 0.6) is 0 Å². The Labute approximate surface area is 106 Å². The number of aromatic amines is 1. The minimum atomic E-state index is -0.229. The van der Waals surface area contributed by atoms with Crippen LogP contribution in [-0.2, 0) is 5.41 Å². The third-order valence-corrected chi connectivity index (χ3v) is 2.89. The fraction of sp³-hybridized carbons (Fsp3) is 0.286. The summed E-state index contributed by atoms with van der Waals surface area (Å²) in [4.78, 5) is 11.7. The molecular weight excluding hydrogens is 226 g/mol. The number of nitrogens with zero attached hydrogens (tertiary/aromatic N) is 1. The van der Waals surface area contributed by atoms with E-state index in [-0.39, 0.29) is 11.0 Å². The monoisotopic (exact) mass is 243 g/mol. The Morgan fingerprint density at radius 2 is 1.78 bits per heavy atom. The second-order valence-electron chi connectivity index (χ2n) is 5.36. The highest BCUT2D eigenvalue weighted by Crippen LogP contribution is 2.25. The number of nitrogens with one attached hydrogen (secondary N) is 1. The van der Waals surface area contributed by atoms with Crippen molar-refractivity contribution >= 4 is 5.82 Å². The molecule has 0 fully saturated rings. The van der Waals surface area contributed by atoms with Crippen LogP contribution in [0, 0.1) is 0 Å². The first-order valence-electron chi connectivity index (χ1n) is 5.84. The Kier molecular flexibility index (Phi) is 2.95. The molecule has 0 aliphatic carbocycles. The minimum absolute atomic E-state index is 0.0994. The van der Waals surface area contributed by atoms with E-state index in [2.05, 4.69) is 31.0 Å². The quantitative estimate of drug-likeness (QED) is 0.807. The third kappa shape index (κ3) is 2.42. The van der Waals surface area contributed by atoms with Gasteiger partial charge in [-0.1, -0.05) is 45.0 Å². The summed E-state index contributed by atoms with van der Waals surface area (Å²) in [5.41, 5.74) is 8.07. The molecule has 0 aliphatic rings. The van der Waals surface area contributed by atoms with Crippen LogP contribution in [0.1, 0.15) is 26.3 Å². The van der Waals surface area contributed by atoms with E-state index in [0.29, 0.717) is 11.4 Å². The fourth-order valence-electron chi connectivity index (χ4n) is 1.79. The maximum Gasteiger partial charge on any atom is 0.272 e. The molecule has 3 N–H and O–H groups in total. The van der Waals surface area contributed by atoms with Crippen LogP contribution in [0.4, 0.5) is 5.82 Å². The van der Waals surface area contributed by atoms with Crippen molar-refractivity contribution < 1.29 is 0 Å². The van der Waals surface area contributed by atoms with Gasteiger partial charge in [-0.2, -0.15) is 5.10 Å². The molecular formula is C14H17N3O. The van der Waals surface area contributed by atoms with Crippen LogP contribution in [0.2, 0.25) is 0 Å². The van der Waals surface area contributed by atoms with Crippen molar-refractivity contribution in [3.8, 4) is 11.1 Å². The molecule has 4 nitrogen and oxygen atoms in total. The van der Waals surface area contributed by atoms with Crippen LogP contribution in [-0.4, -0.2) is 10.2 Å². The zero-order valence-electron chi connectivity index (χ0n) is 10.8. The molecule has 0 saturated heterocycles. The molecule has 1 aromatic carbocycles. The Balaban J connectivity index is 2.47. The second-order valence-corrected chi connectivity index (χ2v) is 5.36. The highest BCUT2D eigenvalue weighted by atomic mass is 16.1. The Morgan fingerprint density at radius 1 is 1.17 bits per heavy atom. The lowest BCUT2D eigenvalue weighted by atomic mass is 9.86. The SMILES string of the molecule is CC(C)(C)c1ccc(-c2cc(N)n[nH]c2=O)cc1. The van der Waals surface area contributed by atoms with E-state index in [1.165, 1.54) is 5.56 Å². The van der Waals surface area contributed by atoms with Gasteiger partial charge in [0.2, 0.25) is 0 Å². The number of anilines is 1. The van der Waals surface area contributed by atoms with E-state index in [1.807, 2.05) is 24.3 Å². The maximum atomic E-state index is 11.7. The first-order chi connectivity index (χ1) is 8.38. The summed E-state index contributed by atoms with van der Waals surface area (Å²) in [6.07, 6.45) is 0. The van der Waals surface area contributed by atoms with Gasteiger partial charge in [-0.3, -0.25) is 4.79 Å². The molecule has 0 radical (unpaired) electrons. The summed E-state index contributed by atoms with van der Waals surface area (Å²) in [5.74, 6) is 0.310. The number of nitrogens with two attached hydrogens (primary N) is 1. The van der Waals surface area contributed by atoms with E-state index in [4.69, 9.17) is 5.73 Å². The van der Waals surface area contributed by atoms with Crippen molar-refractivity contribution in [2.75, 3.05) is 5.73 Å². The van der Waals surface area contributed by atoms with Gasteiger partial charge < -0.3 is 5.73 Å². The first-order valence-corrected chi connectivity index (χ1v) is 5.84. The number of rotatable bonds is 1. The van der Waals surface area contributed by atoms with Crippen LogP contribution in [0.15, 0.2) is 35.1 Å². The average molecular weight is 243 g/mol. The zero-order chi connectivity index (χ0) is 13.3. The summed E-state index contributed by atoms with van der Waals surface area (Å²) >= 11 is 0. The third-order valence-electron chi connectivity index (χ3n) is 2.89. The summed E-state index contributed by atoms with van der Waals surface area (Å²) < 4.78 is 0. The molecule has 2 aromatic rings. The Hall–Kier alpha value is -2.10. The Bertz CT molecular complexity index is 606. The number of nitrogen functional groups attached to an aromatic ring is 1. The van der Waals surface area contributed by atoms with Crippen molar-refractivity contribution in [2.45, 2.75) is 26.2 Å². The molecule has 0 saturated carbocycles. The molecule has 4 heteroatoms. The van der Waals surface area contributed by atoms with Crippen molar-refractivity contribution in [3.05, 3.63) is 46.2 Å². The molecule has 1 heterocycles. The molecule has 0 atom stereocenters. The highest BCUT2D eigenvalue weighted by Gasteiger charge is 2.13. The van der Waals surface area contributed by atoms with Crippen molar-refractivity contribution in [1.82, 2.24) is 10.2 Å². The standard InChI is InChI=1S/C14H17N3O/c1-14(2,3)10-6-4-9(5-7-10)11-8-12(15)16-17-13(11)18/h4-8H,1-3H3,(H2,15,16)(H,17,18). The van der Waals surface area contributed by atoms with Gasteiger partial charge in [0.25, 0.3) is 5.56 Å². The summed E-state index contributed by atoms with van der Waals surface area (Å²) in [7, 11) is 0. The van der Waals surface area contributed by atoms with Crippen molar-refractivity contribution in [1.29, 1.82) is 0 Å². The van der Waals surface area contributed by atoms with E-state index < -0.39 is 0 Å². The number of benzene rings is 1. The maximum absolute atomic E-state index is 11.7. The largest absolute Gasteiger partial charge is 0.382 e. The second kappa shape index (κ2) is 4.29. The highest BCUT2D eigenvalue weighted by molar-refractivity contribution is 5.65.